The Kier molecular flexibility index (Phi) is 9.91. The van der Waals surface area contributed by atoms with E-state index in [-0.39, 0.29) is 19.1 Å². The minimum atomic E-state index is -0.877. The molecular formula is C26H30N6O5. The molecule has 0 radical (unpaired) electrons. The van der Waals surface area contributed by atoms with E-state index >= 15 is 0 Å². The van der Waals surface area contributed by atoms with E-state index in [0.29, 0.717) is 17.8 Å². The van der Waals surface area contributed by atoms with Crippen LogP contribution in [0.25, 0.3) is 11.8 Å². The molecule has 194 valence electrons. The van der Waals surface area contributed by atoms with Crippen LogP contribution in [0.1, 0.15) is 37.1 Å². The maximum Gasteiger partial charge on any atom is 0.331 e. The van der Waals surface area contributed by atoms with Crippen LogP contribution < -0.4 is 16.1 Å². The first kappa shape index (κ1) is 27.1. The van der Waals surface area contributed by atoms with Crippen LogP contribution >= 0.6 is 0 Å². The summed E-state index contributed by atoms with van der Waals surface area (Å²) in [5.41, 5.74) is 4.32. The Labute approximate surface area is 214 Å². The van der Waals surface area contributed by atoms with Crippen LogP contribution in [0.2, 0.25) is 0 Å². The van der Waals surface area contributed by atoms with Crippen molar-refractivity contribution in [3.05, 3.63) is 83.7 Å². The van der Waals surface area contributed by atoms with Crippen molar-refractivity contribution in [2.24, 2.45) is 5.92 Å². The molecule has 0 unspecified atom stereocenters. The quantitative estimate of drug-likeness (QED) is 0.135. The van der Waals surface area contributed by atoms with E-state index in [4.69, 9.17) is 9.94 Å². The Morgan fingerprint density at radius 1 is 1.08 bits per heavy atom. The third kappa shape index (κ3) is 8.58. The molecule has 4 N–H and O–H groups in total. The lowest BCUT2D eigenvalue weighted by Crippen LogP contribution is -2.49. The van der Waals surface area contributed by atoms with Gasteiger partial charge < -0.3 is 15.4 Å². The van der Waals surface area contributed by atoms with E-state index in [9.17, 15) is 14.4 Å². The van der Waals surface area contributed by atoms with Crippen molar-refractivity contribution < 1.29 is 24.3 Å². The minimum absolute atomic E-state index is 0.0359. The SMILES string of the molecule is CC(C)C[C@H](NC(=O)NCc1cn(-c2ccccc2COC(=O)/C=C/c2ccccc2)nn1)C(=O)NO. The number of nitrogens with zero attached hydrogens (tertiary/aromatic N) is 3. The molecule has 0 saturated carbocycles. The highest BCUT2D eigenvalue weighted by molar-refractivity contribution is 5.87. The minimum Gasteiger partial charge on any atom is -0.458 e. The number of rotatable bonds is 11. The van der Waals surface area contributed by atoms with Crippen LogP contribution in [0.5, 0.6) is 0 Å². The molecule has 0 aliphatic carbocycles. The molecule has 11 heteroatoms. The number of ether oxygens (including phenoxy) is 1. The molecule has 0 aliphatic rings. The molecule has 11 nitrogen and oxygen atoms in total. The lowest BCUT2D eigenvalue weighted by molar-refractivity contribution is -0.139. The van der Waals surface area contributed by atoms with Crippen molar-refractivity contribution in [2.75, 3.05) is 0 Å². The van der Waals surface area contributed by atoms with E-state index in [1.807, 2.05) is 68.4 Å². The van der Waals surface area contributed by atoms with Crippen LogP contribution in [0.4, 0.5) is 4.79 Å². The lowest BCUT2D eigenvalue weighted by Gasteiger charge is -2.18. The number of benzene rings is 2. The highest BCUT2D eigenvalue weighted by Crippen LogP contribution is 2.15. The fourth-order valence-electron chi connectivity index (χ4n) is 3.44. The number of hydrogen-bond donors (Lipinski definition) is 4. The summed E-state index contributed by atoms with van der Waals surface area (Å²) in [6.45, 7) is 3.89. The van der Waals surface area contributed by atoms with Crippen molar-refractivity contribution in [2.45, 2.75) is 39.5 Å². The molecule has 0 fully saturated rings. The van der Waals surface area contributed by atoms with E-state index < -0.39 is 23.9 Å². The zero-order valence-electron chi connectivity index (χ0n) is 20.6. The number of amides is 3. The standard InChI is InChI=1S/C26H30N6O5/c1-18(2)14-22(25(34)30-36)28-26(35)27-15-21-16-32(31-29-21)23-11-7-6-10-20(23)17-37-24(33)13-12-19-8-4-3-5-9-19/h3-13,16,18,22,36H,14-15,17H2,1-2H3,(H,30,34)(H2,27,28,35)/b13-12+/t22-/m0/s1. The number of hydrogen-bond acceptors (Lipinski definition) is 7. The zero-order valence-corrected chi connectivity index (χ0v) is 20.6. The summed E-state index contributed by atoms with van der Waals surface area (Å²) >= 11 is 0. The molecule has 1 heterocycles. The molecule has 2 aromatic carbocycles. The number of carbonyl (C=O) groups is 3. The van der Waals surface area contributed by atoms with Gasteiger partial charge >= 0.3 is 12.0 Å². The maximum absolute atomic E-state index is 12.3. The average molecular weight is 507 g/mol. The summed E-state index contributed by atoms with van der Waals surface area (Å²) in [7, 11) is 0. The van der Waals surface area contributed by atoms with Crippen LogP contribution in [-0.2, 0) is 27.5 Å². The van der Waals surface area contributed by atoms with Crippen molar-refractivity contribution in [3.63, 3.8) is 0 Å². The van der Waals surface area contributed by atoms with Gasteiger partial charge in [0.05, 0.1) is 18.4 Å². The monoisotopic (exact) mass is 506 g/mol. The van der Waals surface area contributed by atoms with Crippen LogP contribution in [0, 0.1) is 5.92 Å². The fraction of sp³-hybridized carbons (Fsp3) is 0.269. The van der Waals surface area contributed by atoms with Gasteiger partial charge in [0.15, 0.2) is 0 Å². The number of urea groups is 1. The second kappa shape index (κ2) is 13.5. The van der Waals surface area contributed by atoms with Gasteiger partial charge in [0.25, 0.3) is 5.91 Å². The van der Waals surface area contributed by atoms with E-state index in [0.717, 1.165) is 11.1 Å². The molecule has 3 amide bonds. The maximum atomic E-state index is 12.3. The number of aromatic nitrogens is 3. The highest BCUT2D eigenvalue weighted by Gasteiger charge is 2.21. The summed E-state index contributed by atoms with van der Waals surface area (Å²) in [6, 6.07) is 15.3. The lowest BCUT2D eigenvalue weighted by atomic mass is 10.0. The predicted octanol–water partition coefficient (Wildman–Crippen LogP) is 2.74. The summed E-state index contributed by atoms with van der Waals surface area (Å²) in [6.07, 6.45) is 5.06. The molecule has 0 saturated heterocycles. The van der Waals surface area contributed by atoms with Gasteiger partial charge in [-0.05, 0) is 30.0 Å². The molecule has 1 aromatic heterocycles. The van der Waals surface area contributed by atoms with Gasteiger partial charge in [0.2, 0.25) is 0 Å². The van der Waals surface area contributed by atoms with Gasteiger partial charge in [-0.25, -0.2) is 19.8 Å². The van der Waals surface area contributed by atoms with Gasteiger partial charge in [0.1, 0.15) is 18.3 Å². The number of esters is 1. The number of carbonyl (C=O) groups excluding carboxylic acids is 3. The van der Waals surface area contributed by atoms with Gasteiger partial charge in [0, 0.05) is 11.6 Å². The van der Waals surface area contributed by atoms with Crippen molar-refractivity contribution >= 4 is 24.0 Å². The smallest absolute Gasteiger partial charge is 0.331 e. The normalized spacial score (nSPS) is 11.8. The number of para-hydroxylation sites is 1. The Balaban J connectivity index is 1.57. The first-order valence-electron chi connectivity index (χ1n) is 11.7. The van der Waals surface area contributed by atoms with Gasteiger partial charge in [-0.3, -0.25) is 10.0 Å². The highest BCUT2D eigenvalue weighted by atomic mass is 16.5. The Bertz CT molecular complexity index is 1220. The zero-order chi connectivity index (χ0) is 26.6. The van der Waals surface area contributed by atoms with Crippen molar-refractivity contribution in [1.29, 1.82) is 0 Å². The third-order valence-corrected chi connectivity index (χ3v) is 5.23. The molecule has 0 bridgehead atoms. The third-order valence-electron chi connectivity index (χ3n) is 5.23. The number of hydroxylamine groups is 1. The van der Waals surface area contributed by atoms with Gasteiger partial charge in [-0.1, -0.05) is 67.6 Å². The van der Waals surface area contributed by atoms with Crippen LogP contribution in [0.15, 0.2) is 66.9 Å². The molecule has 1 atom stereocenters. The second-order valence-corrected chi connectivity index (χ2v) is 8.62. The number of nitrogens with one attached hydrogen (secondary N) is 3. The Hall–Kier alpha value is -4.51. The van der Waals surface area contributed by atoms with E-state index in [2.05, 4.69) is 20.9 Å². The molecule has 0 spiro atoms. The fourth-order valence-corrected chi connectivity index (χ4v) is 3.44. The topological polar surface area (TPSA) is 147 Å². The van der Waals surface area contributed by atoms with Crippen molar-refractivity contribution in [3.8, 4) is 5.69 Å². The summed E-state index contributed by atoms with van der Waals surface area (Å²) in [5, 5.41) is 22.2. The van der Waals surface area contributed by atoms with Crippen molar-refractivity contribution in [1.82, 2.24) is 31.1 Å². The molecule has 3 aromatic rings. The van der Waals surface area contributed by atoms with Crippen LogP contribution in [0.3, 0.4) is 0 Å². The summed E-state index contributed by atoms with van der Waals surface area (Å²) < 4.78 is 6.91. The Morgan fingerprint density at radius 2 is 1.81 bits per heavy atom. The molecular weight excluding hydrogens is 476 g/mol. The first-order valence-corrected chi connectivity index (χ1v) is 11.7. The summed E-state index contributed by atoms with van der Waals surface area (Å²) in [5.74, 6) is -1.04. The molecule has 37 heavy (non-hydrogen) atoms. The molecule has 0 aliphatic heterocycles. The first-order chi connectivity index (χ1) is 17.9. The van der Waals surface area contributed by atoms with E-state index in [1.54, 1.807) is 17.8 Å². The average Bonchev–Trinajstić information content (AvgIpc) is 3.38. The summed E-state index contributed by atoms with van der Waals surface area (Å²) in [4.78, 5) is 36.2. The van der Waals surface area contributed by atoms with Gasteiger partial charge in [-0.2, -0.15) is 0 Å². The second-order valence-electron chi connectivity index (χ2n) is 8.62. The van der Waals surface area contributed by atoms with Crippen LogP contribution in [-0.4, -0.2) is 44.2 Å². The Morgan fingerprint density at radius 3 is 2.54 bits per heavy atom. The molecule has 3 rings (SSSR count). The largest absolute Gasteiger partial charge is 0.458 e. The predicted molar refractivity (Wildman–Crippen MR) is 135 cm³/mol. The van der Waals surface area contributed by atoms with Gasteiger partial charge in [-0.15, -0.1) is 5.10 Å². The van der Waals surface area contributed by atoms with E-state index in [1.165, 1.54) is 10.8 Å².